The summed E-state index contributed by atoms with van der Waals surface area (Å²) < 4.78 is 27.2. The Hall–Kier alpha value is -0.930. The first-order chi connectivity index (χ1) is 11.6. The van der Waals surface area contributed by atoms with E-state index in [2.05, 4.69) is 28.1 Å². The number of rotatable bonds is 4. The van der Waals surface area contributed by atoms with Gasteiger partial charge in [0.1, 0.15) is 16.7 Å². The Morgan fingerprint density at radius 2 is 1.50 bits per heavy atom. The third-order valence-electron chi connectivity index (χ3n) is 5.06. The number of halogens is 4. The van der Waals surface area contributed by atoms with Crippen LogP contribution in [0.4, 0.5) is 8.78 Å². The molecule has 2 aromatic carbocycles. The van der Waals surface area contributed by atoms with Crippen LogP contribution in [0, 0.1) is 17.6 Å². The van der Waals surface area contributed by atoms with Gasteiger partial charge < -0.3 is 0 Å². The average Bonchev–Trinajstić information content (AvgIpc) is 2.60. The van der Waals surface area contributed by atoms with E-state index < -0.39 is 16.7 Å². The average molecular weight is 414 g/mol. The first-order valence-electron chi connectivity index (χ1n) is 8.39. The number of hydrogen-bond acceptors (Lipinski definition) is 0. The van der Waals surface area contributed by atoms with Crippen LogP contribution >= 0.6 is 27.5 Å². The highest BCUT2D eigenvalue weighted by molar-refractivity contribution is 9.09. The largest absolute Gasteiger partial charge is 0.205 e. The minimum atomic E-state index is -0.721. The van der Waals surface area contributed by atoms with Crippen molar-refractivity contribution in [3.8, 4) is 11.1 Å². The van der Waals surface area contributed by atoms with E-state index in [-0.39, 0.29) is 0 Å². The molecule has 0 spiro atoms. The molecule has 0 bridgehead atoms. The summed E-state index contributed by atoms with van der Waals surface area (Å²) in [5.74, 6) is 0.00551. The first-order valence-corrected chi connectivity index (χ1v) is 9.89. The summed E-state index contributed by atoms with van der Waals surface area (Å²) in [6, 6.07) is 10.6. The Morgan fingerprint density at radius 1 is 0.917 bits per heavy atom. The van der Waals surface area contributed by atoms with Crippen molar-refractivity contribution in [2.24, 2.45) is 5.92 Å². The van der Waals surface area contributed by atoms with Gasteiger partial charge in [0.2, 0.25) is 0 Å². The Balaban J connectivity index is 1.72. The van der Waals surface area contributed by atoms with E-state index in [0.29, 0.717) is 11.5 Å². The Kier molecular flexibility index (Phi) is 5.93. The molecule has 2 aromatic rings. The molecule has 0 unspecified atom stereocenters. The molecular formula is C20H20BrClF2. The molecule has 1 aliphatic rings. The summed E-state index contributed by atoms with van der Waals surface area (Å²) in [5, 5.41) is 0.640. The van der Waals surface area contributed by atoms with Crippen LogP contribution < -0.4 is 0 Å². The predicted octanol–water partition coefficient (Wildman–Crippen LogP) is 7.34. The van der Waals surface area contributed by atoms with Crippen molar-refractivity contribution in [1.82, 2.24) is 0 Å². The lowest BCUT2D eigenvalue weighted by Crippen LogP contribution is -2.13. The lowest BCUT2D eigenvalue weighted by Gasteiger charge is -2.28. The monoisotopic (exact) mass is 412 g/mol. The smallest absolute Gasteiger partial charge is 0.145 e. The fourth-order valence-corrected chi connectivity index (χ4v) is 4.37. The first kappa shape index (κ1) is 17.9. The Bertz CT molecular complexity index is 668. The number of benzene rings is 2. The van der Waals surface area contributed by atoms with Crippen molar-refractivity contribution in [2.75, 3.05) is 5.33 Å². The van der Waals surface area contributed by atoms with Crippen LogP contribution in [0.25, 0.3) is 11.1 Å². The van der Waals surface area contributed by atoms with E-state index in [9.17, 15) is 8.78 Å². The maximum atomic E-state index is 13.6. The summed E-state index contributed by atoms with van der Waals surface area (Å²) in [6.07, 6.45) is 6.28. The van der Waals surface area contributed by atoms with Crippen LogP contribution in [0.2, 0.25) is 5.02 Å². The molecule has 128 valence electrons. The van der Waals surface area contributed by atoms with Gasteiger partial charge in [-0.2, -0.15) is 0 Å². The second-order valence-corrected chi connectivity index (χ2v) is 7.74. The quantitative estimate of drug-likeness (QED) is 0.363. The molecule has 1 saturated carbocycles. The van der Waals surface area contributed by atoms with Gasteiger partial charge in [-0.25, -0.2) is 8.78 Å². The molecule has 0 N–H and O–H groups in total. The molecule has 0 atom stereocenters. The molecule has 0 aliphatic heterocycles. The summed E-state index contributed by atoms with van der Waals surface area (Å²) >= 11 is 9.07. The zero-order valence-corrected chi connectivity index (χ0v) is 15.7. The van der Waals surface area contributed by atoms with Gasteiger partial charge >= 0.3 is 0 Å². The molecule has 0 saturated heterocycles. The van der Waals surface area contributed by atoms with Crippen molar-refractivity contribution in [2.45, 2.75) is 38.0 Å². The van der Waals surface area contributed by atoms with Gasteiger partial charge in [-0.3, -0.25) is 0 Å². The van der Waals surface area contributed by atoms with Crippen LogP contribution in [-0.2, 0) is 0 Å². The second-order valence-electron chi connectivity index (χ2n) is 6.57. The highest BCUT2D eigenvalue weighted by atomic mass is 79.9. The van der Waals surface area contributed by atoms with E-state index in [1.165, 1.54) is 49.8 Å². The fraction of sp³-hybridized carbons (Fsp3) is 0.400. The van der Waals surface area contributed by atoms with Gasteiger partial charge in [0.25, 0.3) is 0 Å². The van der Waals surface area contributed by atoms with E-state index in [1.54, 1.807) is 0 Å². The molecule has 0 heterocycles. The van der Waals surface area contributed by atoms with Crippen molar-refractivity contribution >= 4 is 27.5 Å². The zero-order chi connectivity index (χ0) is 17.1. The highest BCUT2D eigenvalue weighted by Crippen LogP contribution is 2.38. The normalized spacial score (nSPS) is 21.0. The Labute approximate surface area is 155 Å². The van der Waals surface area contributed by atoms with E-state index in [1.807, 2.05) is 12.1 Å². The molecule has 4 heteroatoms. The lowest BCUT2D eigenvalue weighted by atomic mass is 9.77. The van der Waals surface area contributed by atoms with Gasteiger partial charge in [-0.1, -0.05) is 51.8 Å². The second kappa shape index (κ2) is 7.97. The standard InChI is InChI=1S/C20H20BrClF2/c21-10-9-13-1-3-14(4-2-13)15-5-7-16(8-6-15)17-11-18(23)20(22)19(24)12-17/h5-8,11-14H,1-4,9-10H2. The number of alkyl halides is 1. The predicted molar refractivity (Wildman–Crippen MR) is 99.9 cm³/mol. The highest BCUT2D eigenvalue weighted by Gasteiger charge is 2.22. The molecular weight excluding hydrogens is 394 g/mol. The van der Waals surface area contributed by atoms with Crippen LogP contribution in [0.5, 0.6) is 0 Å². The van der Waals surface area contributed by atoms with Gasteiger partial charge in [-0.05, 0) is 72.8 Å². The molecule has 0 aromatic heterocycles. The van der Waals surface area contributed by atoms with E-state index >= 15 is 0 Å². The van der Waals surface area contributed by atoms with Crippen molar-refractivity contribution in [3.63, 3.8) is 0 Å². The zero-order valence-electron chi connectivity index (χ0n) is 13.4. The maximum absolute atomic E-state index is 13.6. The van der Waals surface area contributed by atoms with Crippen molar-refractivity contribution < 1.29 is 8.78 Å². The summed E-state index contributed by atoms with van der Waals surface area (Å²) in [5.41, 5.74) is 2.65. The summed E-state index contributed by atoms with van der Waals surface area (Å²) in [7, 11) is 0. The fourth-order valence-electron chi connectivity index (χ4n) is 3.61. The molecule has 1 fully saturated rings. The molecule has 0 radical (unpaired) electrons. The summed E-state index contributed by atoms with van der Waals surface area (Å²) in [4.78, 5) is 0. The van der Waals surface area contributed by atoms with Crippen LogP contribution in [0.1, 0.15) is 43.6 Å². The maximum Gasteiger partial charge on any atom is 0.145 e. The van der Waals surface area contributed by atoms with E-state index in [4.69, 9.17) is 11.6 Å². The molecule has 3 rings (SSSR count). The van der Waals surface area contributed by atoms with Crippen LogP contribution in [0.15, 0.2) is 36.4 Å². The molecule has 0 nitrogen and oxygen atoms in total. The number of hydrogen-bond donors (Lipinski definition) is 0. The van der Waals surface area contributed by atoms with Gasteiger partial charge in [0.05, 0.1) is 0 Å². The van der Waals surface area contributed by atoms with Crippen molar-refractivity contribution in [3.05, 3.63) is 58.6 Å². The third-order valence-corrected chi connectivity index (χ3v) is 5.88. The SMILES string of the molecule is Fc1cc(-c2ccc(C3CCC(CCBr)CC3)cc2)cc(F)c1Cl. The van der Waals surface area contributed by atoms with Gasteiger partial charge in [-0.15, -0.1) is 0 Å². The topological polar surface area (TPSA) is 0 Å². The third kappa shape index (κ3) is 4.00. The minimum absolute atomic E-state index is 0.449. The van der Waals surface area contributed by atoms with E-state index in [0.717, 1.165) is 16.8 Å². The molecule has 24 heavy (non-hydrogen) atoms. The lowest BCUT2D eigenvalue weighted by molar-refractivity contribution is 0.321. The van der Waals surface area contributed by atoms with Crippen LogP contribution in [-0.4, -0.2) is 5.33 Å². The van der Waals surface area contributed by atoms with Gasteiger partial charge in [0.15, 0.2) is 0 Å². The Morgan fingerprint density at radius 3 is 2.04 bits per heavy atom. The minimum Gasteiger partial charge on any atom is -0.205 e. The van der Waals surface area contributed by atoms with Crippen molar-refractivity contribution in [1.29, 1.82) is 0 Å². The summed E-state index contributed by atoms with van der Waals surface area (Å²) in [6.45, 7) is 0. The molecule has 0 amide bonds. The van der Waals surface area contributed by atoms with Crippen LogP contribution in [0.3, 0.4) is 0 Å². The van der Waals surface area contributed by atoms with Gasteiger partial charge in [0, 0.05) is 5.33 Å². The molecule has 1 aliphatic carbocycles.